The number of aryl methyl sites for hydroxylation is 1. The lowest BCUT2D eigenvalue weighted by atomic mass is 10.2. The molecule has 0 atom stereocenters. The van der Waals surface area contributed by atoms with Crippen LogP contribution in [0.25, 0.3) is 10.6 Å². The number of carbonyl (C=O) groups is 2. The number of nitrogens with one attached hydrogen (secondary N) is 2. The predicted molar refractivity (Wildman–Crippen MR) is 134 cm³/mol. The minimum atomic E-state index is -0.300. The molecular weight excluding hydrogens is 450 g/mol. The molecule has 0 saturated heterocycles. The second-order valence-electron chi connectivity index (χ2n) is 7.39. The van der Waals surface area contributed by atoms with Crippen LogP contribution in [0.2, 0.25) is 0 Å². The zero-order valence-corrected chi connectivity index (χ0v) is 19.5. The van der Waals surface area contributed by atoms with Gasteiger partial charge in [-0.3, -0.25) is 9.59 Å². The fourth-order valence-electron chi connectivity index (χ4n) is 3.17. The molecule has 4 aromatic rings. The second-order valence-corrected chi connectivity index (χ2v) is 8.25. The van der Waals surface area contributed by atoms with E-state index in [4.69, 9.17) is 9.47 Å². The maximum Gasteiger partial charge on any atom is 0.262 e. The molecule has 0 unspecified atom stereocenters. The van der Waals surface area contributed by atoms with Gasteiger partial charge in [-0.25, -0.2) is 4.98 Å². The minimum absolute atomic E-state index is 0.133. The molecule has 0 aliphatic rings. The highest BCUT2D eigenvalue weighted by atomic mass is 32.1. The maximum absolute atomic E-state index is 12.5. The van der Waals surface area contributed by atoms with Crippen LogP contribution in [0, 0.1) is 6.92 Å². The Morgan fingerprint density at radius 3 is 2.35 bits per heavy atom. The predicted octanol–water partition coefficient (Wildman–Crippen LogP) is 5.40. The van der Waals surface area contributed by atoms with E-state index in [0.29, 0.717) is 28.4 Å². The summed E-state index contributed by atoms with van der Waals surface area (Å²) in [6, 6.07) is 21.2. The molecule has 34 heavy (non-hydrogen) atoms. The van der Waals surface area contributed by atoms with Crippen molar-refractivity contribution in [2.45, 2.75) is 6.92 Å². The topological polar surface area (TPSA) is 89.6 Å². The first-order valence-electron chi connectivity index (χ1n) is 10.5. The number of carbonyl (C=O) groups excluding carboxylic acids is 2. The van der Waals surface area contributed by atoms with Crippen molar-refractivity contribution in [2.75, 3.05) is 24.4 Å². The number of nitrogens with zero attached hydrogens (tertiary/aromatic N) is 1. The van der Waals surface area contributed by atoms with Gasteiger partial charge in [-0.05, 0) is 67.6 Å². The average Bonchev–Trinajstić information content (AvgIpc) is 3.30. The van der Waals surface area contributed by atoms with Gasteiger partial charge in [-0.1, -0.05) is 12.1 Å². The molecule has 1 heterocycles. The van der Waals surface area contributed by atoms with Crippen LogP contribution in [-0.4, -0.2) is 30.5 Å². The zero-order valence-electron chi connectivity index (χ0n) is 18.7. The zero-order chi connectivity index (χ0) is 23.9. The van der Waals surface area contributed by atoms with E-state index in [1.165, 1.54) is 0 Å². The molecule has 0 radical (unpaired) electrons. The summed E-state index contributed by atoms with van der Waals surface area (Å²) in [5.41, 5.74) is 3.60. The molecule has 1 aromatic heterocycles. The SMILES string of the molecule is COc1ccccc1NC(=O)c1ccc(NC(=O)COc2ccc(-c3nc(C)cs3)cc2)cc1. The van der Waals surface area contributed by atoms with E-state index in [9.17, 15) is 9.59 Å². The molecular formula is C26H23N3O4S. The Hall–Kier alpha value is -4.17. The molecule has 0 aliphatic carbocycles. The number of para-hydroxylation sites is 2. The highest BCUT2D eigenvalue weighted by Crippen LogP contribution is 2.26. The van der Waals surface area contributed by atoms with E-state index in [1.807, 2.05) is 48.7 Å². The summed E-state index contributed by atoms with van der Waals surface area (Å²) < 4.78 is 10.8. The highest BCUT2D eigenvalue weighted by Gasteiger charge is 2.10. The highest BCUT2D eigenvalue weighted by molar-refractivity contribution is 7.13. The summed E-state index contributed by atoms with van der Waals surface area (Å²) in [6.07, 6.45) is 0. The Bertz CT molecular complexity index is 1280. The smallest absolute Gasteiger partial charge is 0.262 e. The molecule has 172 valence electrons. The summed E-state index contributed by atoms with van der Waals surface area (Å²) in [6.45, 7) is 1.83. The Kier molecular flexibility index (Phi) is 7.19. The number of thiazole rings is 1. The number of hydrogen-bond acceptors (Lipinski definition) is 6. The van der Waals surface area contributed by atoms with Crippen molar-refractivity contribution >= 4 is 34.5 Å². The van der Waals surface area contributed by atoms with Crippen molar-refractivity contribution in [3.05, 3.63) is 89.4 Å². The number of rotatable bonds is 8. The fraction of sp³-hybridized carbons (Fsp3) is 0.115. The summed E-state index contributed by atoms with van der Waals surface area (Å²) >= 11 is 1.59. The lowest BCUT2D eigenvalue weighted by molar-refractivity contribution is -0.118. The molecule has 0 fully saturated rings. The van der Waals surface area contributed by atoms with Gasteiger partial charge in [0.05, 0.1) is 12.8 Å². The third-order valence-corrected chi connectivity index (χ3v) is 5.89. The summed E-state index contributed by atoms with van der Waals surface area (Å²) in [7, 11) is 1.55. The van der Waals surface area contributed by atoms with Crippen molar-refractivity contribution < 1.29 is 19.1 Å². The van der Waals surface area contributed by atoms with Crippen molar-refractivity contribution in [3.8, 4) is 22.1 Å². The van der Waals surface area contributed by atoms with Crippen LogP contribution in [0.5, 0.6) is 11.5 Å². The van der Waals surface area contributed by atoms with Gasteiger partial charge in [0.25, 0.3) is 11.8 Å². The van der Waals surface area contributed by atoms with Crippen molar-refractivity contribution in [3.63, 3.8) is 0 Å². The number of benzene rings is 3. The lowest BCUT2D eigenvalue weighted by Crippen LogP contribution is -2.20. The Morgan fingerprint density at radius 1 is 0.941 bits per heavy atom. The van der Waals surface area contributed by atoms with Gasteiger partial charge in [-0.2, -0.15) is 0 Å². The Morgan fingerprint density at radius 2 is 1.68 bits per heavy atom. The van der Waals surface area contributed by atoms with Gasteiger partial charge in [0.2, 0.25) is 0 Å². The monoisotopic (exact) mass is 473 g/mol. The first-order chi connectivity index (χ1) is 16.5. The maximum atomic E-state index is 12.5. The van der Waals surface area contributed by atoms with Gasteiger partial charge in [0.1, 0.15) is 16.5 Å². The summed E-state index contributed by atoms with van der Waals surface area (Å²) in [5, 5.41) is 8.53. The molecule has 2 N–H and O–H groups in total. The number of amides is 2. The van der Waals surface area contributed by atoms with Gasteiger partial charge < -0.3 is 20.1 Å². The van der Waals surface area contributed by atoms with Crippen molar-refractivity contribution in [1.29, 1.82) is 0 Å². The third kappa shape index (κ3) is 5.79. The first-order valence-corrected chi connectivity index (χ1v) is 11.4. The molecule has 0 aliphatic heterocycles. The van der Waals surface area contributed by atoms with Crippen LogP contribution < -0.4 is 20.1 Å². The summed E-state index contributed by atoms with van der Waals surface area (Å²) in [4.78, 5) is 29.2. The fourth-order valence-corrected chi connectivity index (χ4v) is 3.98. The lowest BCUT2D eigenvalue weighted by Gasteiger charge is -2.11. The molecule has 0 spiro atoms. The number of anilines is 2. The molecule has 8 heteroatoms. The van der Waals surface area contributed by atoms with Crippen LogP contribution >= 0.6 is 11.3 Å². The molecule has 4 rings (SSSR count). The second kappa shape index (κ2) is 10.6. The standard InChI is InChI=1S/C26H23N3O4S/c1-17-16-34-26(27-17)19-9-13-21(14-10-19)33-15-24(30)28-20-11-7-18(8-12-20)25(31)29-22-5-3-4-6-23(22)32-2/h3-14,16H,15H2,1-2H3,(H,28,30)(H,29,31). The van der Waals surface area contributed by atoms with Gasteiger partial charge in [0.15, 0.2) is 6.61 Å². The summed E-state index contributed by atoms with van der Waals surface area (Å²) in [5.74, 6) is 0.594. The Balaban J connectivity index is 1.28. The number of ether oxygens (including phenoxy) is 2. The Labute approximate surface area is 201 Å². The average molecular weight is 474 g/mol. The molecule has 7 nitrogen and oxygen atoms in total. The van der Waals surface area contributed by atoms with Crippen LogP contribution in [-0.2, 0) is 4.79 Å². The quantitative estimate of drug-likeness (QED) is 0.358. The third-order valence-electron chi connectivity index (χ3n) is 4.88. The normalized spacial score (nSPS) is 10.4. The van der Waals surface area contributed by atoms with Gasteiger partial charge in [-0.15, -0.1) is 11.3 Å². The van der Waals surface area contributed by atoms with E-state index >= 15 is 0 Å². The van der Waals surface area contributed by atoms with E-state index in [0.717, 1.165) is 16.3 Å². The minimum Gasteiger partial charge on any atom is -0.495 e. The van der Waals surface area contributed by atoms with Crippen LogP contribution in [0.1, 0.15) is 16.1 Å². The van der Waals surface area contributed by atoms with E-state index < -0.39 is 0 Å². The van der Waals surface area contributed by atoms with E-state index in [-0.39, 0.29) is 18.4 Å². The number of aromatic nitrogens is 1. The van der Waals surface area contributed by atoms with Gasteiger partial charge in [0, 0.05) is 27.9 Å². The van der Waals surface area contributed by atoms with Crippen molar-refractivity contribution in [2.24, 2.45) is 0 Å². The van der Waals surface area contributed by atoms with E-state index in [2.05, 4.69) is 15.6 Å². The largest absolute Gasteiger partial charge is 0.495 e. The van der Waals surface area contributed by atoms with Crippen LogP contribution in [0.3, 0.4) is 0 Å². The van der Waals surface area contributed by atoms with Gasteiger partial charge >= 0.3 is 0 Å². The molecule has 3 aromatic carbocycles. The molecule has 0 bridgehead atoms. The van der Waals surface area contributed by atoms with Crippen molar-refractivity contribution in [1.82, 2.24) is 4.98 Å². The molecule has 2 amide bonds. The van der Waals surface area contributed by atoms with Crippen LogP contribution in [0.4, 0.5) is 11.4 Å². The number of hydrogen-bond donors (Lipinski definition) is 2. The molecule has 0 saturated carbocycles. The first kappa shape index (κ1) is 23.0. The van der Waals surface area contributed by atoms with Crippen LogP contribution in [0.15, 0.2) is 78.2 Å². The number of methoxy groups -OCH3 is 1. The van der Waals surface area contributed by atoms with E-state index in [1.54, 1.807) is 54.8 Å².